The van der Waals surface area contributed by atoms with Crippen molar-refractivity contribution < 1.29 is 23.9 Å². The average molecular weight is 619 g/mol. The van der Waals surface area contributed by atoms with Gasteiger partial charge in [-0.05, 0) is 68.9 Å². The smallest absolute Gasteiger partial charge is 0.407 e. The number of hydrogen-bond acceptors (Lipinski definition) is 6. The van der Waals surface area contributed by atoms with Crippen molar-refractivity contribution >= 4 is 50.8 Å². The van der Waals surface area contributed by atoms with Crippen LogP contribution in [0.3, 0.4) is 0 Å². The fourth-order valence-corrected chi connectivity index (χ4v) is 7.06. The van der Waals surface area contributed by atoms with E-state index in [2.05, 4.69) is 11.4 Å². The number of nitrogens with one attached hydrogen (secondary N) is 1. The lowest BCUT2D eigenvalue weighted by Gasteiger charge is -2.37. The van der Waals surface area contributed by atoms with E-state index < -0.39 is 6.09 Å². The van der Waals surface area contributed by atoms with Crippen LogP contribution in [0.5, 0.6) is 5.75 Å². The third-order valence-corrected chi connectivity index (χ3v) is 9.54. The van der Waals surface area contributed by atoms with Crippen LogP contribution in [0.15, 0.2) is 66.7 Å². The largest absolute Gasteiger partial charge is 0.494 e. The van der Waals surface area contributed by atoms with E-state index in [-0.39, 0.29) is 23.8 Å². The summed E-state index contributed by atoms with van der Waals surface area (Å²) in [6.07, 6.45) is 2.05. The van der Waals surface area contributed by atoms with Gasteiger partial charge in [0.05, 0.1) is 11.6 Å². The standard InChI is InChI=1S/C34H35ClN2O5S/c1-4-41-29-18-13-24(23-11-9-22(10-12-23)21(2)38)19-25(29)20-37(26-14-16-27(17-15-26)42-34(40)36-3)33(39)32-31(35)28-7-5-6-8-30(28)43-32/h5-13,18-19,26-27H,4,14-17,20H2,1-3H3,(H,36,40). The first-order chi connectivity index (χ1) is 20.8. The predicted octanol–water partition coefficient (Wildman–Crippen LogP) is 8.13. The van der Waals surface area contributed by atoms with Gasteiger partial charge in [0.25, 0.3) is 5.91 Å². The lowest BCUT2D eigenvalue weighted by Crippen LogP contribution is -2.43. The van der Waals surface area contributed by atoms with Gasteiger partial charge in [0.15, 0.2) is 5.78 Å². The minimum absolute atomic E-state index is 0.0171. The maximum absolute atomic E-state index is 14.4. The van der Waals surface area contributed by atoms with Gasteiger partial charge in [0.2, 0.25) is 0 Å². The highest BCUT2D eigenvalue weighted by Gasteiger charge is 2.33. The molecule has 9 heteroatoms. The number of thiophene rings is 1. The molecule has 1 fully saturated rings. The molecule has 3 aromatic carbocycles. The van der Waals surface area contributed by atoms with Crippen molar-refractivity contribution in [1.29, 1.82) is 0 Å². The molecule has 0 aliphatic heterocycles. The van der Waals surface area contributed by atoms with E-state index in [0.29, 0.717) is 60.0 Å². The van der Waals surface area contributed by atoms with Crippen molar-refractivity contribution in [1.82, 2.24) is 10.2 Å². The number of carbonyl (C=O) groups is 3. The maximum atomic E-state index is 14.4. The summed E-state index contributed by atoms with van der Waals surface area (Å²) in [6, 6.07) is 21.2. The van der Waals surface area contributed by atoms with E-state index in [1.807, 2.05) is 72.5 Å². The zero-order valence-electron chi connectivity index (χ0n) is 24.5. The Morgan fingerprint density at radius 1 is 0.977 bits per heavy atom. The highest BCUT2D eigenvalue weighted by Crippen LogP contribution is 2.38. The van der Waals surface area contributed by atoms with Gasteiger partial charge in [-0.3, -0.25) is 9.59 Å². The molecule has 0 radical (unpaired) electrons. The Kier molecular flexibility index (Phi) is 9.68. The molecule has 1 heterocycles. The van der Waals surface area contributed by atoms with Crippen molar-refractivity contribution in [3.05, 3.63) is 87.8 Å². The summed E-state index contributed by atoms with van der Waals surface area (Å²) in [5.41, 5.74) is 3.46. The zero-order chi connectivity index (χ0) is 30.5. The molecule has 1 N–H and O–H groups in total. The zero-order valence-corrected chi connectivity index (χ0v) is 26.1. The molecule has 1 saturated carbocycles. The molecule has 1 aliphatic carbocycles. The number of carbonyl (C=O) groups excluding carboxylic acids is 3. The minimum atomic E-state index is -0.442. The molecule has 43 heavy (non-hydrogen) atoms. The number of halogens is 1. The molecule has 1 aromatic heterocycles. The SMILES string of the molecule is CCOc1ccc(-c2ccc(C(C)=O)cc2)cc1CN(C(=O)c1sc2ccccc2c1Cl)C1CCC(OC(=O)NC)CC1. The molecule has 224 valence electrons. The topological polar surface area (TPSA) is 84.9 Å². The number of hydrogen-bond donors (Lipinski definition) is 1. The van der Waals surface area contributed by atoms with E-state index >= 15 is 0 Å². The molecule has 0 atom stereocenters. The number of Topliss-reactive ketones (excluding diaryl/α,β-unsaturated/α-hetero) is 1. The van der Waals surface area contributed by atoms with Gasteiger partial charge in [0, 0.05) is 40.8 Å². The molecule has 2 amide bonds. The number of amides is 2. The Labute approximate surface area is 260 Å². The Morgan fingerprint density at radius 2 is 1.67 bits per heavy atom. The van der Waals surface area contributed by atoms with E-state index in [0.717, 1.165) is 26.8 Å². The molecule has 4 aromatic rings. The van der Waals surface area contributed by atoms with Crippen molar-refractivity contribution in [2.75, 3.05) is 13.7 Å². The summed E-state index contributed by atoms with van der Waals surface area (Å²) in [6.45, 7) is 4.30. The van der Waals surface area contributed by atoms with Gasteiger partial charge < -0.3 is 19.7 Å². The summed E-state index contributed by atoms with van der Waals surface area (Å²) >= 11 is 8.21. The first-order valence-corrected chi connectivity index (χ1v) is 15.7. The Hall–Kier alpha value is -3.88. The minimum Gasteiger partial charge on any atom is -0.494 e. The van der Waals surface area contributed by atoms with Crippen LogP contribution in [0.2, 0.25) is 5.02 Å². The van der Waals surface area contributed by atoms with Crippen molar-refractivity contribution in [2.24, 2.45) is 0 Å². The molecule has 0 spiro atoms. The highest BCUT2D eigenvalue weighted by molar-refractivity contribution is 7.21. The van der Waals surface area contributed by atoms with Crippen LogP contribution in [-0.4, -0.2) is 48.5 Å². The third-order valence-electron chi connectivity index (χ3n) is 7.88. The quantitative estimate of drug-likeness (QED) is 0.191. The first-order valence-electron chi connectivity index (χ1n) is 14.5. The predicted molar refractivity (Wildman–Crippen MR) is 171 cm³/mol. The van der Waals surface area contributed by atoms with Crippen LogP contribution in [0.4, 0.5) is 4.79 Å². The third kappa shape index (κ3) is 6.86. The molecular formula is C34H35ClN2O5S. The van der Waals surface area contributed by atoms with E-state index in [9.17, 15) is 14.4 Å². The van der Waals surface area contributed by atoms with Gasteiger partial charge >= 0.3 is 6.09 Å². The summed E-state index contributed by atoms with van der Waals surface area (Å²) in [5, 5.41) is 3.85. The number of benzene rings is 3. The summed E-state index contributed by atoms with van der Waals surface area (Å²) in [4.78, 5) is 40.4. The fraction of sp³-hybridized carbons (Fsp3) is 0.324. The maximum Gasteiger partial charge on any atom is 0.407 e. The molecular weight excluding hydrogens is 584 g/mol. The van der Waals surface area contributed by atoms with Crippen LogP contribution in [0, 0.1) is 0 Å². The lowest BCUT2D eigenvalue weighted by atomic mass is 9.91. The molecule has 1 aliphatic rings. The number of nitrogens with zero attached hydrogens (tertiary/aromatic N) is 1. The highest BCUT2D eigenvalue weighted by atomic mass is 35.5. The second-order valence-electron chi connectivity index (χ2n) is 10.6. The van der Waals surface area contributed by atoms with E-state index in [1.54, 1.807) is 14.0 Å². The molecule has 0 bridgehead atoms. The van der Waals surface area contributed by atoms with Crippen LogP contribution in [-0.2, 0) is 11.3 Å². The second-order valence-corrected chi connectivity index (χ2v) is 12.1. The molecule has 7 nitrogen and oxygen atoms in total. The average Bonchev–Trinajstić information content (AvgIpc) is 3.37. The van der Waals surface area contributed by atoms with Crippen LogP contribution in [0.25, 0.3) is 21.2 Å². The van der Waals surface area contributed by atoms with Gasteiger partial charge in [-0.1, -0.05) is 60.1 Å². The molecule has 5 rings (SSSR count). The van der Waals surface area contributed by atoms with E-state index in [4.69, 9.17) is 21.1 Å². The van der Waals surface area contributed by atoms with Gasteiger partial charge in [0.1, 0.15) is 16.7 Å². The van der Waals surface area contributed by atoms with Crippen molar-refractivity contribution in [2.45, 2.75) is 58.2 Å². The van der Waals surface area contributed by atoms with Crippen molar-refractivity contribution in [3.8, 4) is 16.9 Å². The van der Waals surface area contributed by atoms with Gasteiger partial charge in [-0.15, -0.1) is 11.3 Å². The number of rotatable bonds is 9. The second kappa shape index (κ2) is 13.6. The molecule has 0 saturated heterocycles. The first kappa shape index (κ1) is 30.6. The normalized spacial score (nSPS) is 16.5. The molecule has 0 unspecified atom stereocenters. The number of ether oxygens (including phenoxy) is 2. The summed E-state index contributed by atoms with van der Waals surface area (Å²) in [7, 11) is 1.55. The van der Waals surface area contributed by atoms with Crippen LogP contribution >= 0.6 is 22.9 Å². The van der Waals surface area contributed by atoms with Crippen LogP contribution < -0.4 is 10.1 Å². The monoisotopic (exact) mass is 618 g/mol. The van der Waals surface area contributed by atoms with Gasteiger partial charge in [-0.2, -0.15) is 0 Å². The Morgan fingerprint density at radius 3 is 2.33 bits per heavy atom. The van der Waals surface area contributed by atoms with E-state index in [1.165, 1.54) is 11.3 Å². The number of ketones is 1. The Balaban J connectivity index is 1.50. The lowest BCUT2D eigenvalue weighted by molar-refractivity contribution is 0.0381. The number of fused-ring (bicyclic) bond motifs is 1. The Bertz CT molecular complexity index is 1630. The van der Waals surface area contributed by atoms with Crippen molar-refractivity contribution in [3.63, 3.8) is 0 Å². The van der Waals surface area contributed by atoms with Crippen LogP contribution in [0.1, 0.15) is 65.1 Å². The summed E-state index contributed by atoms with van der Waals surface area (Å²) < 4.78 is 12.5. The number of alkyl carbamates (subject to hydrolysis) is 1. The van der Waals surface area contributed by atoms with Gasteiger partial charge in [-0.25, -0.2) is 4.79 Å². The fourth-order valence-electron chi connectivity index (χ4n) is 5.59. The summed E-state index contributed by atoms with van der Waals surface area (Å²) in [5.74, 6) is 0.604.